The van der Waals surface area contributed by atoms with Gasteiger partial charge in [0.2, 0.25) is 0 Å². The lowest BCUT2D eigenvalue weighted by Gasteiger charge is -2.30. The van der Waals surface area contributed by atoms with Gasteiger partial charge in [0, 0.05) is 12.1 Å². The highest BCUT2D eigenvalue weighted by Crippen LogP contribution is 2.27. The number of benzene rings is 1. The molecule has 1 fully saturated rings. The molecule has 20 heavy (non-hydrogen) atoms. The molecule has 1 saturated heterocycles. The van der Waals surface area contributed by atoms with E-state index in [0.29, 0.717) is 36.5 Å². The van der Waals surface area contributed by atoms with Crippen LogP contribution in [0.3, 0.4) is 0 Å². The molecule has 0 atom stereocenters. The van der Waals surface area contributed by atoms with E-state index in [2.05, 4.69) is 10.9 Å². The lowest BCUT2D eigenvalue weighted by Crippen LogP contribution is -2.50. The average molecular weight is 306 g/mol. The van der Waals surface area contributed by atoms with Gasteiger partial charge in [0.05, 0.1) is 5.69 Å². The van der Waals surface area contributed by atoms with Crippen molar-refractivity contribution in [2.24, 2.45) is 0 Å². The fraction of sp³-hybridized carbons (Fsp3) is 0.417. The number of anilines is 1. The van der Waals surface area contributed by atoms with Crippen molar-refractivity contribution >= 4 is 23.4 Å². The standard InChI is InChI=1S/C12H13F3N2O2S/c13-8-5-7(6-9(14)10(8)15)16-17-11(18)12(19)1-3-20-4-2-12/h5-6,16,19H,1-4H2,(H,17,18). The zero-order valence-electron chi connectivity index (χ0n) is 10.4. The molecule has 1 aromatic rings. The molecule has 4 nitrogen and oxygen atoms in total. The van der Waals surface area contributed by atoms with Crippen LogP contribution in [0, 0.1) is 17.5 Å². The maximum atomic E-state index is 13.0. The molecule has 1 amide bonds. The first-order valence-electron chi connectivity index (χ1n) is 5.93. The minimum Gasteiger partial charge on any atom is -0.380 e. The molecule has 0 saturated carbocycles. The van der Waals surface area contributed by atoms with Crippen LogP contribution in [0.25, 0.3) is 0 Å². The molecule has 3 N–H and O–H groups in total. The first-order valence-corrected chi connectivity index (χ1v) is 7.09. The molecule has 0 unspecified atom stereocenters. The normalized spacial score (nSPS) is 17.6. The quantitative estimate of drug-likeness (QED) is 0.589. The topological polar surface area (TPSA) is 61.4 Å². The van der Waals surface area contributed by atoms with Gasteiger partial charge in [0.1, 0.15) is 5.60 Å². The molecular weight excluding hydrogens is 293 g/mol. The summed E-state index contributed by atoms with van der Waals surface area (Å²) in [6.07, 6.45) is 0.606. The van der Waals surface area contributed by atoms with Crippen LogP contribution in [0.1, 0.15) is 12.8 Å². The lowest BCUT2D eigenvalue weighted by molar-refractivity contribution is -0.139. The monoisotopic (exact) mass is 306 g/mol. The van der Waals surface area contributed by atoms with Gasteiger partial charge < -0.3 is 5.11 Å². The Bertz CT molecular complexity index is 498. The van der Waals surface area contributed by atoms with E-state index in [1.165, 1.54) is 0 Å². The number of nitrogens with one attached hydrogen (secondary N) is 2. The van der Waals surface area contributed by atoms with Gasteiger partial charge >= 0.3 is 0 Å². The van der Waals surface area contributed by atoms with Gasteiger partial charge in [-0.2, -0.15) is 11.8 Å². The van der Waals surface area contributed by atoms with Crippen molar-refractivity contribution in [3.8, 4) is 0 Å². The van der Waals surface area contributed by atoms with Crippen LogP contribution in [0.5, 0.6) is 0 Å². The summed E-state index contributed by atoms with van der Waals surface area (Å²) < 4.78 is 38.7. The molecule has 0 aromatic heterocycles. The Kier molecular flexibility index (Phi) is 4.44. The van der Waals surface area contributed by atoms with Gasteiger partial charge in [0.25, 0.3) is 5.91 Å². The number of amides is 1. The fourth-order valence-electron chi connectivity index (χ4n) is 1.81. The van der Waals surface area contributed by atoms with Crippen molar-refractivity contribution in [1.29, 1.82) is 0 Å². The predicted molar refractivity (Wildman–Crippen MR) is 69.6 cm³/mol. The molecule has 0 spiro atoms. The summed E-state index contributed by atoms with van der Waals surface area (Å²) in [5, 5.41) is 10.1. The maximum Gasteiger partial charge on any atom is 0.270 e. The highest BCUT2D eigenvalue weighted by atomic mass is 32.2. The smallest absolute Gasteiger partial charge is 0.270 e. The predicted octanol–water partition coefficient (Wildman–Crippen LogP) is 1.81. The number of thioether (sulfide) groups is 1. The number of hydrogen-bond acceptors (Lipinski definition) is 4. The molecule has 8 heteroatoms. The Morgan fingerprint density at radius 1 is 1.20 bits per heavy atom. The Labute approximate surface area is 117 Å². The van der Waals surface area contributed by atoms with Crippen LogP contribution in [0.15, 0.2) is 12.1 Å². The summed E-state index contributed by atoms with van der Waals surface area (Å²) in [6, 6.07) is 1.42. The molecule has 1 aromatic carbocycles. The van der Waals surface area contributed by atoms with E-state index in [1.54, 1.807) is 11.8 Å². The molecule has 1 aliphatic heterocycles. The van der Waals surface area contributed by atoms with Gasteiger partial charge in [-0.25, -0.2) is 13.2 Å². The summed E-state index contributed by atoms with van der Waals surface area (Å²) in [5.74, 6) is -3.68. The van der Waals surface area contributed by atoms with Crippen LogP contribution >= 0.6 is 11.8 Å². The third-order valence-corrected chi connectivity index (χ3v) is 4.03. The van der Waals surface area contributed by atoms with Crippen molar-refractivity contribution in [3.63, 3.8) is 0 Å². The molecule has 2 rings (SSSR count). The van der Waals surface area contributed by atoms with Crippen LogP contribution in [-0.2, 0) is 4.79 Å². The minimum atomic E-state index is -1.58. The van der Waals surface area contributed by atoms with E-state index in [-0.39, 0.29) is 5.69 Å². The summed E-state index contributed by atoms with van der Waals surface area (Å²) in [4.78, 5) is 11.8. The first kappa shape index (κ1) is 15.0. The third-order valence-electron chi connectivity index (χ3n) is 3.05. The van der Waals surface area contributed by atoms with E-state index in [1.807, 2.05) is 0 Å². The summed E-state index contributed by atoms with van der Waals surface area (Å²) in [5.41, 5.74) is 2.80. The Balaban J connectivity index is 2.00. The van der Waals surface area contributed by atoms with Crippen molar-refractivity contribution in [2.45, 2.75) is 18.4 Å². The van der Waals surface area contributed by atoms with Crippen molar-refractivity contribution in [3.05, 3.63) is 29.6 Å². The summed E-state index contributed by atoms with van der Waals surface area (Å²) in [7, 11) is 0. The Morgan fingerprint density at radius 3 is 2.30 bits per heavy atom. The van der Waals surface area contributed by atoms with Gasteiger partial charge in [-0.15, -0.1) is 0 Å². The highest BCUT2D eigenvalue weighted by Gasteiger charge is 2.37. The summed E-state index contributed by atoms with van der Waals surface area (Å²) in [6.45, 7) is 0. The van der Waals surface area contributed by atoms with E-state index in [9.17, 15) is 23.1 Å². The van der Waals surface area contributed by atoms with E-state index >= 15 is 0 Å². The molecule has 0 aliphatic carbocycles. The van der Waals surface area contributed by atoms with Crippen LogP contribution in [0.4, 0.5) is 18.9 Å². The largest absolute Gasteiger partial charge is 0.380 e. The second kappa shape index (κ2) is 5.92. The Morgan fingerprint density at radius 2 is 1.75 bits per heavy atom. The number of carbonyl (C=O) groups is 1. The van der Waals surface area contributed by atoms with Gasteiger partial charge in [-0.1, -0.05) is 0 Å². The minimum absolute atomic E-state index is 0.150. The van der Waals surface area contributed by atoms with Crippen molar-refractivity contribution < 1.29 is 23.1 Å². The lowest BCUT2D eigenvalue weighted by atomic mass is 9.96. The number of halogens is 3. The van der Waals surface area contributed by atoms with Gasteiger partial charge in [-0.3, -0.25) is 15.6 Å². The van der Waals surface area contributed by atoms with Gasteiger partial charge in [0.15, 0.2) is 17.5 Å². The molecule has 110 valence electrons. The first-order chi connectivity index (χ1) is 9.42. The molecule has 0 bridgehead atoms. The molecule has 1 heterocycles. The molecule has 0 radical (unpaired) electrons. The highest BCUT2D eigenvalue weighted by molar-refractivity contribution is 7.99. The number of aliphatic hydroxyl groups is 1. The van der Waals surface area contributed by atoms with E-state index in [4.69, 9.17) is 0 Å². The zero-order valence-corrected chi connectivity index (χ0v) is 11.2. The average Bonchev–Trinajstić information content (AvgIpc) is 2.42. The zero-order chi connectivity index (χ0) is 14.8. The van der Waals surface area contributed by atoms with Gasteiger partial charge in [-0.05, 0) is 24.3 Å². The van der Waals surface area contributed by atoms with Crippen molar-refractivity contribution in [1.82, 2.24) is 5.43 Å². The number of rotatable bonds is 3. The number of hydrogen-bond donors (Lipinski definition) is 3. The van der Waals surface area contributed by atoms with Crippen LogP contribution in [0.2, 0.25) is 0 Å². The van der Waals surface area contributed by atoms with E-state index < -0.39 is 29.0 Å². The molecular formula is C12H13F3N2O2S. The third kappa shape index (κ3) is 3.18. The fourth-order valence-corrected chi connectivity index (χ4v) is 2.98. The second-order valence-corrected chi connectivity index (χ2v) is 5.70. The van der Waals surface area contributed by atoms with E-state index in [0.717, 1.165) is 0 Å². The van der Waals surface area contributed by atoms with Crippen LogP contribution in [-0.4, -0.2) is 28.1 Å². The maximum absolute atomic E-state index is 13.0. The Hall–Kier alpha value is -1.41. The summed E-state index contributed by atoms with van der Waals surface area (Å²) >= 11 is 1.63. The number of carbonyl (C=O) groups excluding carboxylic acids is 1. The number of hydrazine groups is 1. The SMILES string of the molecule is O=C(NNc1cc(F)c(F)c(F)c1)C1(O)CCSCC1. The molecule has 1 aliphatic rings. The van der Waals surface area contributed by atoms with Crippen molar-refractivity contribution in [2.75, 3.05) is 16.9 Å². The second-order valence-electron chi connectivity index (χ2n) is 4.48. The van der Waals surface area contributed by atoms with Crippen LogP contribution < -0.4 is 10.9 Å².